The van der Waals surface area contributed by atoms with E-state index in [0.717, 1.165) is 37.1 Å². The molecular formula is C23H37NO. The summed E-state index contributed by atoms with van der Waals surface area (Å²) in [5.74, 6) is 1.16. The van der Waals surface area contributed by atoms with E-state index in [9.17, 15) is 4.79 Å². The number of ketones is 1. The molecule has 2 nitrogen and oxygen atoms in total. The third kappa shape index (κ3) is 5.80. The monoisotopic (exact) mass is 343 g/mol. The van der Waals surface area contributed by atoms with E-state index >= 15 is 0 Å². The summed E-state index contributed by atoms with van der Waals surface area (Å²) >= 11 is 0. The first kappa shape index (κ1) is 21.6. The zero-order chi connectivity index (χ0) is 19.0. The van der Waals surface area contributed by atoms with Crippen LogP contribution in [-0.4, -0.2) is 11.5 Å². The van der Waals surface area contributed by atoms with Crippen LogP contribution in [0.1, 0.15) is 104 Å². The van der Waals surface area contributed by atoms with Crippen LogP contribution in [0, 0.1) is 5.92 Å². The lowest BCUT2D eigenvalue weighted by molar-refractivity contribution is -0.120. The number of nitrogens with zero attached hydrogens (tertiary/aromatic N) is 1. The van der Waals surface area contributed by atoms with Crippen LogP contribution >= 0.6 is 0 Å². The molecule has 1 atom stereocenters. The Hall–Kier alpha value is -1.44. The second-order valence-corrected chi connectivity index (χ2v) is 7.57. The molecule has 0 aromatic heterocycles. The molecule has 0 aliphatic carbocycles. The summed E-state index contributed by atoms with van der Waals surface area (Å²) in [4.78, 5) is 17.7. The first-order chi connectivity index (χ1) is 11.9. The molecule has 0 saturated carbocycles. The number of unbranched alkanes of at least 4 members (excludes halogenated alkanes) is 1. The number of hydrogen-bond acceptors (Lipinski definition) is 2. The Balaban J connectivity index is 3.46. The van der Waals surface area contributed by atoms with Gasteiger partial charge in [-0.05, 0) is 35.8 Å². The predicted octanol–water partition coefficient (Wildman–Crippen LogP) is 7.20. The van der Waals surface area contributed by atoms with Gasteiger partial charge < -0.3 is 0 Å². The molecule has 2 heteroatoms. The highest BCUT2D eigenvalue weighted by atomic mass is 16.1. The maximum absolute atomic E-state index is 12.6. The van der Waals surface area contributed by atoms with Crippen LogP contribution in [-0.2, 0) is 4.79 Å². The summed E-state index contributed by atoms with van der Waals surface area (Å²) in [5, 5.41) is 0. The lowest BCUT2D eigenvalue weighted by Gasteiger charge is -2.21. The third-order valence-electron chi connectivity index (χ3n) is 4.95. The number of carbonyl (C=O) groups excluding carboxylic acids is 1. The Labute approximate surface area is 155 Å². The van der Waals surface area contributed by atoms with Gasteiger partial charge in [0.2, 0.25) is 0 Å². The van der Waals surface area contributed by atoms with E-state index in [-0.39, 0.29) is 5.92 Å². The molecule has 0 amide bonds. The van der Waals surface area contributed by atoms with Crippen LogP contribution in [0.15, 0.2) is 23.2 Å². The standard InChI is InChI=1S/C23H37NO/c1-8-11-13-20(22(25)10-3)21(9-2)24-23-18(16(4)5)14-12-15-19(23)17(6)7/h12,14-17,20H,8-11,13H2,1-7H3. The maximum Gasteiger partial charge on any atom is 0.141 e. The molecule has 1 aromatic rings. The minimum Gasteiger partial charge on any atom is -0.299 e. The summed E-state index contributed by atoms with van der Waals surface area (Å²) in [6.07, 6.45) is 4.56. The van der Waals surface area contributed by atoms with Crippen LogP contribution in [0.3, 0.4) is 0 Å². The molecule has 0 spiro atoms. The molecule has 0 aliphatic heterocycles. The topological polar surface area (TPSA) is 29.4 Å². The second-order valence-electron chi connectivity index (χ2n) is 7.57. The molecule has 140 valence electrons. The van der Waals surface area contributed by atoms with Crippen molar-refractivity contribution in [2.24, 2.45) is 10.9 Å². The lowest BCUT2D eigenvalue weighted by atomic mass is 9.88. The Morgan fingerprint density at radius 3 is 1.92 bits per heavy atom. The Bertz CT molecular complexity index is 558. The third-order valence-corrected chi connectivity index (χ3v) is 4.95. The second kappa shape index (κ2) is 10.5. The van der Waals surface area contributed by atoms with Gasteiger partial charge in [0.1, 0.15) is 5.78 Å². The van der Waals surface area contributed by atoms with Crippen molar-refractivity contribution in [3.05, 3.63) is 29.3 Å². The molecule has 0 aliphatic rings. The van der Waals surface area contributed by atoms with Gasteiger partial charge in [-0.25, -0.2) is 0 Å². The van der Waals surface area contributed by atoms with E-state index in [1.54, 1.807) is 0 Å². The lowest BCUT2D eigenvalue weighted by Crippen LogP contribution is -2.23. The molecule has 1 unspecified atom stereocenters. The van der Waals surface area contributed by atoms with E-state index in [2.05, 4.69) is 59.7 Å². The summed E-state index contributed by atoms with van der Waals surface area (Å²) < 4.78 is 0. The molecular weight excluding hydrogens is 306 g/mol. The van der Waals surface area contributed by atoms with Crippen LogP contribution < -0.4 is 0 Å². The molecule has 0 fully saturated rings. The number of para-hydroxylation sites is 1. The number of Topliss-reactive ketones (excluding diaryl/α,β-unsaturated/α-hetero) is 1. The molecule has 0 saturated heterocycles. The number of rotatable bonds is 10. The van der Waals surface area contributed by atoms with E-state index in [4.69, 9.17) is 4.99 Å². The molecule has 0 radical (unpaired) electrons. The fourth-order valence-electron chi connectivity index (χ4n) is 3.36. The van der Waals surface area contributed by atoms with Crippen LogP contribution in [0.5, 0.6) is 0 Å². The Morgan fingerprint density at radius 1 is 0.960 bits per heavy atom. The van der Waals surface area contributed by atoms with Gasteiger partial charge in [0.25, 0.3) is 0 Å². The highest BCUT2D eigenvalue weighted by Gasteiger charge is 2.23. The average molecular weight is 344 g/mol. The van der Waals surface area contributed by atoms with E-state index in [1.165, 1.54) is 11.1 Å². The van der Waals surface area contributed by atoms with Crippen molar-refractivity contribution in [1.29, 1.82) is 0 Å². The van der Waals surface area contributed by atoms with Gasteiger partial charge in [-0.3, -0.25) is 9.79 Å². The number of hydrogen-bond donors (Lipinski definition) is 0. The van der Waals surface area contributed by atoms with Crippen molar-refractivity contribution in [1.82, 2.24) is 0 Å². The Kier molecular flexibility index (Phi) is 9.10. The molecule has 0 bridgehead atoms. The van der Waals surface area contributed by atoms with Gasteiger partial charge in [-0.2, -0.15) is 0 Å². The summed E-state index contributed by atoms with van der Waals surface area (Å²) in [7, 11) is 0. The molecule has 0 N–H and O–H groups in total. The minimum atomic E-state index is -0.0184. The average Bonchev–Trinajstić information content (AvgIpc) is 2.59. The van der Waals surface area contributed by atoms with Gasteiger partial charge in [-0.15, -0.1) is 0 Å². The fourth-order valence-corrected chi connectivity index (χ4v) is 3.36. The summed E-state index contributed by atoms with van der Waals surface area (Å²) in [6, 6.07) is 6.51. The quantitative estimate of drug-likeness (QED) is 0.413. The smallest absolute Gasteiger partial charge is 0.141 e. The largest absolute Gasteiger partial charge is 0.299 e. The van der Waals surface area contributed by atoms with Crippen molar-refractivity contribution in [3.8, 4) is 0 Å². The predicted molar refractivity (Wildman–Crippen MR) is 110 cm³/mol. The van der Waals surface area contributed by atoms with E-state index in [0.29, 0.717) is 24.0 Å². The van der Waals surface area contributed by atoms with Gasteiger partial charge >= 0.3 is 0 Å². The van der Waals surface area contributed by atoms with Crippen molar-refractivity contribution < 1.29 is 4.79 Å². The number of aliphatic imine (C=N–C) groups is 1. The zero-order valence-electron chi connectivity index (χ0n) is 17.4. The molecule has 0 heterocycles. The van der Waals surface area contributed by atoms with Gasteiger partial charge in [0.05, 0.1) is 11.6 Å². The highest BCUT2D eigenvalue weighted by molar-refractivity contribution is 6.06. The molecule has 1 rings (SSSR count). The van der Waals surface area contributed by atoms with Gasteiger partial charge in [-0.1, -0.05) is 79.5 Å². The summed E-state index contributed by atoms with van der Waals surface area (Å²) in [5.41, 5.74) is 4.75. The molecule has 1 aromatic carbocycles. The zero-order valence-corrected chi connectivity index (χ0v) is 17.4. The molecule has 25 heavy (non-hydrogen) atoms. The van der Waals surface area contributed by atoms with Gasteiger partial charge in [0.15, 0.2) is 0 Å². The van der Waals surface area contributed by atoms with Crippen molar-refractivity contribution >= 4 is 17.2 Å². The van der Waals surface area contributed by atoms with Crippen LogP contribution in [0.25, 0.3) is 0 Å². The van der Waals surface area contributed by atoms with Crippen molar-refractivity contribution in [3.63, 3.8) is 0 Å². The normalized spacial score (nSPS) is 13.6. The summed E-state index contributed by atoms with van der Waals surface area (Å²) in [6.45, 7) is 15.2. The van der Waals surface area contributed by atoms with E-state index < -0.39 is 0 Å². The number of benzene rings is 1. The van der Waals surface area contributed by atoms with E-state index in [1.807, 2.05) is 6.92 Å². The number of carbonyl (C=O) groups is 1. The van der Waals surface area contributed by atoms with Gasteiger partial charge in [0, 0.05) is 12.1 Å². The fraction of sp³-hybridized carbons (Fsp3) is 0.652. The van der Waals surface area contributed by atoms with Crippen LogP contribution in [0.4, 0.5) is 5.69 Å². The Morgan fingerprint density at radius 2 is 1.52 bits per heavy atom. The van der Waals surface area contributed by atoms with Crippen LogP contribution in [0.2, 0.25) is 0 Å². The van der Waals surface area contributed by atoms with Crippen molar-refractivity contribution in [2.45, 2.75) is 92.4 Å². The highest BCUT2D eigenvalue weighted by Crippen LogP contribution is 2.35. The first-order valence-corrected chi connectivity index (χ1v) is 10.1. The maximum atomic E-state index is 12.6. The minimum absolute atomic E-state index is 0.0184. The van der Waals surface area contributed by atoms with Crippen molar-refractivity contribution in [2.75, 3.05) is 0 Å². The SMILES string of the molecule is CCCCC(C(=O)CC)C(CC)=Nc1c(C(C)C)cccc1C(C)C. The first-order valence-electron chi connectivity index (χ1n) is 10.1.